The average Bonchev–Trinajstić information content (AvgIpc) is 2.75. The summed E-state index contributed by atoms with van der Waals surface area (Å²) in [6.45, 7) is 7.68. The molecule has 1 aromatic heterocycles. The van der Waals surface area contributed by atoms with Crippen LogP contribution >= 0.6 is 0 Å². The number of hydrogen-bond acceptors (Lipinski definition) is 5. The minimum Gasteiger partial charge on any atom is -0.351 e. The van der Waals surface area contributed by atoms with Crippen molar-refractivity contribution in [3.8, 4) is 0 Å². The number of aromatic nitrogens is 1. The van der Waals surface area contributed by atoms with Crippen LogP contribution in [0.1, 0.15) is 16.2 Å². The third-order valence-electron chi connectivity index (χ3n) is 3.66. The lowest BCUT2D eigenvalue weighted by molar-refractivity contribution is 0.0198. The molecule has 0 atom stereocenters. The molecule has 0 aromatic carbocycles. The van der Waals surface area contributed by atoms with Gasteiger partial charge in [-0.2, -0.15) is 0 Å². The third-order valence-corrected chi connectivity index (χ3v) is 3.66. The number of nitrogens with zero attached hydrogens (tertiary/aromatic N) is 3. The summed E-state index contributed by atoms with van der Waals surface area (Å²) in [4.78, 5) is 16.3. The predicted octanol–water partition coefficient (Wildman–Crippen LogP) is -0.287. The first-order chi connectivity index (χ1) is 8.74. The van der Waals surface area contributed by atoms with Crippen molar-refractivity contribution >= 4 is 5.91 Å². The fourth-order valence-electron chi connectivity index (χ4n) is 2.52. The molecule has 0 bridgehead atoms. The highest BCUT2D eigenvalue weighted by Crippen LogP contribution is 2.18. The Labute approximate surface area is 106 Å². The lowest BCUT2D eigenvalue weighted by Crippen LogP contribution is -2.63. The van der Waals surface area contributed by atoms with Gasteiger partial charge in [-0.3, -0.25) is 9.69 Å². The molecule has 6 nitrogen and oxygen atoms in total. The molecule has 1 N–H and O–H groups in total. The van der Waals surface area contributed by atoms with Gasteiger partial charge < -0.3 is 14.7 Å². The summed E-state index contributed by atoms with van der Waals surface area (Å²) in [6, 6.07) is 2.21. The summed E-state index contributed by atoms with van der Waals surface area (Å²) in [5.41, 5.74) is 0.748. The number of aryl methyl sites for hydroxylation is 1. The van der Waals surface area contributed by atoms with E-state index in [9.17, 15) is 4.79 Å². The van der Waals surface area contributed by atoms with Gasteiger partial charge in [0.2, 0.25) is 5.76 Å². The third kappa shape index (κ3) is 2.13. The van der Waals surface area contributed by atoms with Gasteiger partial charge in [-0.25, -0.2) is 0 Å². The monoisotopic (exact) mass is 250 g/mol. The number of piperazine rings is 1. The quantitative estimate of drug-likeness (QED) is 0.781. The van der Waals surface area contributed by atoms with Gasteiger partial charge >= 0.3 is 0 Å². The van der Waals surface area contributed by atoms with Gasteiger partial charge in [-0.15, -0.1) is 0 Å². The molecule has 2 aliphatic heterocycles. The van der Waals surface area contributed by atoms with Crippen molar-refractivity contribution in [1.82, 2.24) is 20.3 Å². The molecular formula is C12H18N4O2. The van der Waals surface area contributed by atoms with E-state index in [1.165, 1.54) is 0 Å². The van der Waals surface area contributed by atoms with E-state index in [0.29, 0.717) is 11.8 Å². The second-order valence-electron chi connectivity index (χ2n) is 4.98. The van der Waals surface area contributed by atoms with Crippen LogP contribution < -0.4 is 5.32 Å². The predicted molar refractivity (Wildman–Crippen MR) is 65.4 cm³/mol. The van der Waals surface area contributed by atoms with Crippen LogP contribution in [0.2, 0.25) is 0 Å². The van der Waals surface area contributed by atoms with Gasteiger partial charge in [-0.05, 0) is 6.92 Å². The molecule has 18 heavy (non-hydrogen) atoms. The molecule has 1 aromatic rings. The second kappa shape index (κ2) is 4.70. The summed E-state index contributed by atoms with van der Waals surface area (Å²) >= 11 is 0. The van der Waals surface area contributed by atoms with Crippen LogP contribution in [-0.2, 0) is 0 Å². The molecule has 0 unspecified atom stereocenters. The normalized spacial score (nSPS) is 21.9. The Morgan fingerprint density at radius 3 is 2.78 bits per heavy atom. The van der Waals surface area contributed by atoms with Gasteiger partial charge in [0.15, 0.2) is 0 Å². The first-order valence-electron chi connectivity index (χ1n) is 6.41. The minimum absolute atomic E-state index is 0.0398. The molecule has 98 valence electrons. The smallest absolute Gasteiger partial charge is 0.292 e. The molecule has 2 fully saturated rings. The van der Waals surface area contributed by atoms with Crippen LogP contribution in [0.15, 0.2) is 10.6 Å². The van der Waals surface area contributed by atoms with Gasteiger partial charge in [-0.1, -0.05) is 5.16 Å². The molecule has 2 saturated heterocycles. The van der Waals surface area contributed by atoms with E-state index in [4.69, 9.17) is 4.52 Å². The van der Waals surface area contributed by atoms with Crippen LogP contribution in [0.5, 0.6) is 0 Å². The molecule has 0 saturated carbocycles. The number of carbonyl (C=O) groups is 1. The maximum absolute atomic E-state index is 12.0. The van der Waals surface area contributed by atoms with Gasteiger partial charge in [0.1, 0.15) is 0 Å². The average molecular weight is 250 g/mol. The van der Waals surface area contributed by atoms with Gasteiger partial charge in [0.05, 0.1) is 5.69 Å². The van der Waals surface area contributed by atoms with Crippen molar-refractivity contribution in [3.63, 3.8) is 0 Å². The van der Waals surface area contributed by atoms with Crippen molar-refractivity contribution in [2.45, 2.75) is 13.0 Å². The molecule has 0 spiro atoms. The Balaban J connectivity index is 1.53. The first-order valence-corrected chi connectivity index (χ1v) is 6.41. The molecule has 3 rings (SSSR count). The van der Waals surface area contributed by atoms with Gasteiger partial charge in [0, 0.05) is 51.4 Å². The maximum Gasteiger partial charge on any atom is 0.292 e. The van der Waals surface area contributed by atoms with E-state index in [1.807, 2.05) is 11.8 Å². The number of amides is 1. The van der Waals surface area contributed by atoms with Gasteiger partial charge in [0.25, 0.3) is 5.91 Å². The molecule has 2 aliphatic rings. The molecule has 0 aliphatic carbocycles. The lowest BCUT2D eigenvalue weighted by Gasteiger charge is -2.46. The first kappa shape index (κ1) is 11.7. The van der Waals surface area contributed by atoms with Crippen LogP contribution in [0.3, 0.4) is 0 Å². The van der Waals surface area contributed by atoms with Crippen LogP contribution in [-0.4, -0.2) is 66.2 Å². The van der Waals surface area contributed by atoms with E-state index >= 15 is 0 Å². The largest absolute Gasteiger partial charge is 0.351 e. The number of carbonyl (C=O) groups excluding carboxylic acids is 1. The highest BCUT2D eigenvalue weighted by atomic mass is 16.5. The standard InChI is InChI=1S/C12H18N4O2/c1-9-6-11(18-14-9)12(17)16-7-10(8-16)15-4-2-13-3-5-15/h6,10,13H,2-5,7-8H2,1H3. The number of hydrogen-bond donors (Lipinski definition) is 1. The van der Waals surface area contributed by atoms with Crippen molar-refractivity contribution in [3.05, 3.63) is 17.5 Å². The molecule has 3 heterocycles. The Morgan fingerprint density at radius 2 is 2.17 bits per heavy atom. The van der Waals surface area contributed by atoms with Crippen molar-refractivity contribution < 1.29 is 9.32 Å². The van der Waals surface area contributed by atoms with Crippen LogP contribution in [0, 0.1) is 6.92 Å². The number of rotatable bonds is 2. The van der Waals surface area contributed by atoms with Crippen molar-refractivity contribution in [2.75, 3.05) is 39.3 Å². The zero-order chi connectivity index (χ0) is 12.5. The number of nitrogens with one attached hydrogen (secondary N) is 1. The maximum atomic E-state index is 12.0. The highest BCUT2D eigenvalue weighted by Gasteiger charge is 2.36. The molecular weight excluding hydrogens is 232 g/mol. The fourth-order valence-corrected chi connectivity index (χ4v) is 2.52. The molecule has 1 amide bonds. The van der Waals surface area contributed by atoms with E-state index < -0.39 is 0 Å². The zero-order valence-electron chi connectivity index (χ0n) is 10.6. The molecule has 0 radical (unpaired) electrons. The fraction of sp³-hybridized carbons (Fsp3) is 0.667. The summed E-state index contributed by atoms with van der Waals surface area (Å²) < 4.78 is 5.00. The van der Waals surface area contributed by atoms with E-state index in [-0.39, 0.29) is 5.91 Å². The van der Waals surface area contributed by atoms with Crippen LogP contribution in [0.4, 0.5) is 0 Å². The summed E-state index contributed by atoms with van der Waals surface area (Å²) in [7, 11) is 0. The van der Waals surface area contributed by atoms with Crippen molar-refractivity contribution in [1.29, 1.82) is 0 Å². The highest BCUT2D eigenvalue weighted by molar-refractivity contribution is 5.92. The zero-order valence-corrected chi connectivity index (χ0v) is 10.6. The Bertz CT molecular complexity index is 433. The Morgan fingerprint density at radius 1 is 1.44 bits per heavy atom. The van der Waals surface area contributed by atoms with E-state index in [0.717, 1.165) is 45.0 Å². The SMILES string of the molecule is Cc1cc(C(=O)N2CC(N3CCNCC3)C2)on1. The number of likely N-dealkylation sites (tertiary alicyclic amines) is 1. The minimum atomic E-state index is -0.0398. The Kier molecular flexibility index (Phi) is 3.05. The summed E-state index contributed by atoms with van der Waals surface area (Å²) in [5.74, 6) is 0.313. The summed E-state index contributed by atoms with van der Waals surface area (Å²) in [5, 5.41) is 7.08. The topological polar surface area (TPSA) is 61.6 Å². The second-order valence-corrected chi connectivity index (χ2v) is 4.98. The lowest BCUT2D eigenvalue weighted by atomic mass is 10.1. The van der Waals surface area contributed by atoms with E-state index in [2.05, 4.69) is 15.4 Å². The summed E-state index contributed by atoms with van der Waals surface area (Å²) in [6.07, 6.45) is 0. The van der Waals surface area contributed by atoms with Crippen molar-refractivity contribution in [2.24, 2.45) is 0 Å². The Hall–Kier alpha value is -1.40. The molecule has 6 heteroatoms. The van der Waals surface area contributed by atoms with E-state index in [1.54, 1.807) is 6.07 Å². The van der Waals surface area contributed by atoms with Crippen LogP contribution in [0.25, 0.3) is 0 Å².